The molecule has 1 aromatic heterocycles. The minimum Gasteiger partial charge on any atom is -0.456 e. The molecule has 0 bridgehead atoms. The molecule has 0 atom stereocenters. The summed E-state index contributed by atoms with van der Waals surface area (Å²) in [4.78, 5) is 0. The minimum atomic E-state index is -1.22. The number of fused-ring (bicyclic) bond motifs is 6. The van der Waals surface area contributed by atoms with Crippen LogP contribution in [0.2, 0.25) is 5.02 Å². The maximum atomic E-state index is 12.0. The zero-order valence-corrected chi connectivity index (χ0v) is 15.6. The van der Waals surface area contributed by atoms with Crippen LogP contribution in [0.25, 0.3) is 33.1 Å². The fourth-order valence-electron chi connectivity index (χ4n) is 4.53. The van der Waals surface area contributed by atoms with Crippen molar-refractivity contribution in [2.45, 2.75) is 5.60 Å². The Kier molecular flexibility index (Phi) is 3.12. The molecule has 0 unspecified atom stereocenters. The Bertz CT molecular complexity index is 1350. The van der Waals surface area contributed by atoms with Gasteiger partial charge in [0.15, 0.2) is 0 Å². The van der Waals surface area contributed by atoms with Gasteiger partial charge in [-0.2, -0.15) is 0 Å². The summed E-state index contributed by atoms with van der Waals surface area (Å²) in [7, 11) is 0. The molecular formula is C25H15ClO2. The molecule has 1 heterocycles. The summed E-state index contributed by atoms with van der Waals surface area (Å²) in [6.07, 6.45) is 0. The Labute approximate surface area is 166 Å². The molecule has 0 aliphatic heterocycles. The lowest BCUT2D eigenvalue weighted by Gasteiger charge is -2.26. The van der Waals surface area contributed by atoms with Crippen LogP contribution < -0.4 is 0 Å². The van der Waals surface area contributed by atoms with Gasteiger partial charge in [0.25, 0.3) is 0 Å². The van der Waals surface area contributed by atoms with E-state index in [2.05, 4.69) is 12.1 Å². The number of hydrogen-bond acceptors (Lipinski definition) is 2. The molecule has 6 rings (SSSR count). The second kappa shape index (κ2) is 5.48. The van der Waals surface area contributed by atoms with Crippen molar-refractivity contribution in [3.8, 4) is 11.1 Å². The SMILES string of the molecule is OC1(c2ccc3oc4cccc(Cl)c4c3c2)c2ccccc2-c2ccccc21. The van der Waals surface area contributed by atoms with Crippen LogP contribution in [0, 0.1) is 0 Å². The fraction of sp³-hybridized carbons (Fsp3) is 0.0400. The molecule has 2 nitrogen and oxygen atoms in total. The first-order valence-corrected chi connectivity index (χ1v) is 9.59. The highest BCUT2D eigenvalue weighted by molar-refractivity contribution is 6.37. The Balaban J connectivity index is 1.70. The van der Waals surface area contributed by atoms with Gasteiger partial charge in [-0.1, -0.05) is 72.3 Å². The van der Waals surface area contributed by atoms with Crippen molar-refractivity contribution in [1.29, 1.82) is 0 Å². The largest absolute Gasteiger partial charge is 0.456 e. The number of benzene rings is 4. The van der Waals surface area contributed by atoms with E-state index in [1.807, 2.05) is 72.8 Å². The van der Waals surface area contributed by atoms with Gasteiger partial charge in [-0.3, -0.25) is 0 Å². The number of furan rings is 1. The van der Waals surface area contributed by atoms with Crippen molar-refractivity contribution in [3.63, 3.8) is 0 Å². The molecule has 0 saturated carbocycles. The first-order valence-electron chi connectivity index (χ1n) is 9.21. The van der Waals surface area contributed by atoms with E-state index in [-0.39, 0.29) is 0 Å². The summed E-state index contributed by atoms with van der Waals surface area (Å²) in [6.45, 7) is 0. The molecule has 1 aliphatic rings. The first kappa shape index (κ1) is 15.9. The number of hydrogen-bond donors (Lipinski definition) is 1. The zero-order chi connectivity index (χ0) is 18.9. The van der Waals surface area contributed by atoms with Gasteiger partial charge in [-0.05, 0) is 41.0 Å². The second-order valence-corrected chi connectivity index (χ2v) is 7.63. The third-order valence-corrected chi connectivity index (χ3v) is 6.10. The van der Waals surface area contributed by atoms with E-state index in [9.17, 15) is 5.11 Å². The van der Waals surface area contributed by atoms with Crippen LogP contribution in [0.15, 0.2) is 89.3 Å². The standard InChI is InChI=1S/C25H15ClO2/c26-21-10-5-11-23-24(21)18-14-15(12-13-22(18)28-23)25(27)19-8-3-1-6-16(19)17-7-2-4-9-20(17)25/h1-14,27H. The van der Waals surface area contributed by atoms with Gasteiger partial charge < -0.3 is 9.52 Å². The summed E-state index contributed by atoms with van der Waals surface area (Å²) >= 11 is 6.46. The van der Waals surface area contributed by atoms with Crippen LogP contribution in [0.4, 0.5) is 0 Å². The van der Waals surface area contributed by atoms with Crippen molar-refractivity contribution in [3.05, 3.63) is 107 Å². The molecule has 5 aromatic rings. The Morgan fingerprint density at radius 2 is 1.39 bits per heavy atom. The summed E-state index contributed by atoms with van der Waals surface area (Å²) in [5.41, 5.74) is 5.02. The van der Waals surface area contributed by atoms with E-state index in [1.54, 1.807) is 0 Å². The molecule has 4 aromatic carbocycles. The molecule has 1 aliphatic carbocycles. The summed E-state index contributed by atoms with van der Waals surface area (Å²) in [5, 5.41) is 14.5. The van der Waals surface area contributed by atoms with Gasteiger partial charge >= 0.3 is 0 Å². The van der Waals surface area contributed by atoms with Crippen molar-refractivity contribution >= 4 is 33.5 Å². The molecule has 134 valence electrons. The summed E-state index contributed by atoms with van der Waals surface area (Å²) in [5.74, 6) is 0. The molecule has 0 radical (unpaired) electrons. The molecule has 28 heavy (non-hydrogen) atoms. The highest BCUT2D eigenvalue weighted by atomic mass is 35.5. The van der Waals surface area contributed by atoms with Gasteiger partial charge in [0, 0.05) is 21.9 Å². The van der Waals surface area contributed by atoms with Crippen LogP contribution >= 0.6 is 11.6 Å². The smallest absolute Gasteiger partial charge is 0.141 e. The first-order chi connectivity index (χ1) is 13.7. The quantitative estimate of drug-likeness (QED) is 0.358. The number of halogens is 1. The summed E-state index contributed by atoms with van der Waals surface area (Å²) < 4.78 is 5.96. The Hall–Kier alpha value is -3.07. The van der Waals surface area contributed by atoms with Crippen LogP contribution in [0.1, 0.15) is 16.7 Å². The Morgan fingerprint density at radius 1 is 0.714 bits per heavy atom. The maximum Gasteiger partial charge on any atom is 0.141 e. The summed E-state index contributed by atoms with van der Waals surface area (Å²) in [6, 6.07) is 27.6. The van der Waals surface area contributed by atoms with Gasteiger partial charge in [0.2, 0.25) is 0 Å². The Morgan fingerprint density at radius 3 is 2.11 bits per heavy atom. The molecule has 0 spiro atoms. The average Bonchev–Trinajstić information content (AvgIpc) is 3.23. The van der Waals surface area contributed by atoms with Crippen LogP contribution in [-0.4, -0.2) is 5.11 Å². The molecule has 3 heteroatoms. The average molecular weight is 383 g/mol. The van der Waals surface area contributed by atoms with Gasteiger partial charge in [-0.25, -0.2) is 0 Å². The molecule has 0 amide bonds. The van der Waals surface area contributed by atoms with Gasteiger partial charge in [-0.15, -0.1) is 0 Å². The van der Waals surface area contributed by atoms with Crippen LogP contribution in [0.5, 0.6) is 0 Å². The monoisotopic (exact) mass is 382 g/mol. The molecule has 0 saturated heterocycles. The van der Waals surface area contributed by atoms with Gasteiger partial charge in [0.1, 0.15) is 16.8 Å². The fourth-order valence-corrected chi connectivity index (χ4v) is 4.80. The number of aliphatic hydroxyl groups is 1. The molecule has 0 fully saturated rings. The second-order valence-electron chi connectivity index (χ2n) is 7.23. The predicted molar refractivity (Wildman–Crippen MR) is 113 cm³/mol. The van der Waals surface area contributed by atoms with Crippen LogP contribution in [-0.2, 0) is 5.60 Å². The van der Waals surface area contributed by atoms with E-state index < -0.39 is 5.60 Å². The molecule has 1 N–H and O–H groups in total. The zero-order valence-electron chi connectivity index (χ0n) is 14.8. The predicted octanol–water partition coefficient (Wildman–Crippen LogP) is 6.50. The highest BCUT2D eigenvalue weighted by Crippen LogP contribution is 2.51. The topological polar surface area (TPSA) is 33.4 Å². The lowest BCUT2D eigenvalue weighted by Crippen LogP contribution is -2.26. The van der Waals surface area contributed by atoms with E-state index in [0.717, 1.165) is 49.8 Å². The lowest BCUT2D eigenvalue weighted by molar-refractivity contribution is 0.131. The van der Waals surface area contributed by atoms with Crippen molar-refractivity contribution in [2.24, 2.45) is 0 Å². The number of rotatable bonds is 1. The van der Waals surface area contributed by atoms with E-state index in [0.29, 0.717) is 5.02 Å². The van der Waals surface area contributed by atoms with E-state index >= 15 is 0 Å². The third kappa shape index (κ3) is 1.91. The maximum absolute atomic E-state index is 12.0. The van der Waals surface area contributed by atoms with Crippen molar-refractivity contribution in [2.75, 3.05) is 0 Å². The highest BCUT2D eigenvalue weighted by Gasteiger charge is 2.42. The van der Waals surface area contributed by atoms with Crippen molar-refractivity contribution < 1.29 is 9.52 Å². The third-order valence-electron chi connectivity index (χ3n) is 5.79. The van der Waals surface area contributed by atoms with Crippen molar-refractivity contribution in [1.82, 2.24) is 0 Å². The minimum absolute atomic E-state index is 0.646. The van der Waals surface area contributed by atoms with E-state index in [4.69, 9.17) is 16.0 Å². The molecular weight excluding hydrogens is 368 g/mol. The van der Waals surface area contributed by atoms with Gasteiger partial charge in [0.05, 0.1) is 5.02 Å². The normalized spacial score (nSPS) is 14.4. The lowest BCUT2D eigenvalue weighted by atomic mass is 9.84. The van der Waals surface area contributed by atoms with E-state index in [1.165, 1.54) is 0 Å². The van der Waals surface area contributed by atoms with Crippen LogP contribution in [0.3, 0.4) is 0 Å².